The highest BCUT2D eigenvalue weighted by molar-refractivity contribution is 5.49. The number of rotatable bonds is 11. The zero-order valence-corrected chi connectivity index (χ0v) is 19.6. The van der Waals surface area contributed by atoms with E-state index in [1.165, 1.54) is 73.6 Å². The summed E-state index contributed by atoms with van der Waals surface area (Å²) in [6.07, 6.45) is 19.2. The molecule has 0 spiro atoms. The van der Waals surface area contributed by atoms with Crippen molar-refractivity contribution in [3.63, 3.8) is 0 Å². The minimum Gasteiger partial charge on any atom is -0.373 e. The first kappa shape index (κ1) is 23.5. The van der Waals surface area contributed by atoms with Gasteiger partial charge in [0.15, 0.2) is 0 Å². The number of aryl methyl sites for hydroxylation is 2. The summed E-state index contributed by atoms with van der Waals surface area (Å²) < 4.78 is 5.64. The third-order valence-corrected chi connectivity index (χ3v) is 6.73. The van der Waals surface area contributed by atoms with E-state index in [0.29, 0.717) is 13.2 Å². The Balaban J connectivity index is 1.32. The summed E-state index contributed by atoms with van der Waals surface area (Å²) in [5, 5.41) is 0. The molecule has 2 aromatic carbocycles. The lowest BCUT2D eigenvalue weighted by Crippen LogP contribution is -2.15. The van der Waals surface area contributed by atoms with E-state index in [4.69, 9.17) is 4.74 Å². The number of allylic oxidation sites excluding steroid dienone is 2. The normalized spacial score (nSPS) is 19.4. The third-order valence-electron chi connectivity index (χ3n) is 6.73. The van der Waals surface area contributed by atoms with E-state index >= 15 is 0 Å². The van der Waals surface area contributed by atoms with E-state index < -0.39 is 0 Å². The molecular formula is C30H40O. The highest BCUT2D eigenvalue weighted by Crippen LogP contribution is 2.34. The van der Waals surface area contributed by atoms with E-state index in [1.807, 2.05) is 19.1 Å². The summed E-state index contributed by atoms with van der Waals surface area (Å²) in [5.74, 6) is 1.84. The zero-order valence-electron chi connectivity index (χ0n) is 19.6. The Morgan fingerprint density at radius 3 is 1.74 bits per heavy atom. The molecule has 0 amide bonds. The van der Waals surface area contributed by atoms with Crippen molar-refractivity contribution in [2.45, 2.75) is 71.8 Å². The molecule has 1 aliphatic rings. The molecule has 0 N–H and O–H groups in total. The van der Waals surface area contributed by atoms with Crippen LogP contribution in [0.1, 0.15) is 74.6 Å². The van der Waals surface area contributed by atoms with E-state index in [0.717, 1.165) is 11.8 Å². The van der Waals surface area contributed by atoms with Crippen LogP contribution in [0, 0.1) is 11.8 Å². The van der Waals surface area contributed by atoms with Gasteiger partial charge in [-0.1, -0.05) is 98.5 Å². The molecule has 1 saturated carbocycles. The zero-order chi connectivity index (χ0) is 21.7. The molecule has 31 heavy (non-hydrogen) atoms. The molecule has 0 saturated heterocycles. The van der Waals surface area contributed by atoms with Gasteiger partial charge in [0.25, 0.3) is 0 Å². The summed E-state index contributed by atoms with van der Waals surface area (Å²) in [6, 6.07) is 18.1. The van der Waals surface area contributed by atoms with Crippen LogP contribution in [-0.2, 0) is 24.2 Å². The topological polar surface area (TPSA) is 9.23 Å². The summed E-state index contributed by atoms with van der Waals surface area (Å²) in [7, 11) is 0. The molecular weight excluding hydrogens is 376 g/mol. The molecule has 166 valence electrons. The van der Waals surface area contributed by atoms with Gasteiger partial charge in [-0.15, -0.1) is 0 Å². The molecule has 0 atom stereocenters. The second-order valence-electron chi connectivity index (χ2n) is 9.11. The molecule has 1 fully saturated rings. The minimum atomic E-state index is 0.698. The minimum absolute atomic E-state index is 0.698. The lowest BCUT2D eigenvalue weighted by molar-refractivity contribution is 0.148. The molecule has 0 aromatic heterocycles. The maximum atomic E-state index is 5.64. The van der Waals surface area contributed by atoms with Crippen molar-refractivity contribution in [1.29, 1.82) is 0 Å². The number of benzene rings is 2. The van der Waals surface area contributed by atoms with Crippen molar-refractivity contribution < 1.29 is 4.74 Å². The summed E-state index contributed by atoms with van der Waals surface area (Å²) in [4.78, 5) is 0. The van der Waals surface area contributed by atoms with Gasteiger partial charge < -0.3 is 4.74 Å². The predicted molar refractivity (Wildman–Crippen MR) is 134 cm³/mol. The fourth-order valence-electron chi connectivity index (χ4n) is 4.68. The molecule has 0 aliphatic heterocycles. The molecule has 1 aliphatic carbocycles. The van der Waals surface area contributed by atoms with Crippen LogP contribution in [0.5, 0.6) is 0 Å². The van der Waals surface area contributed by atoms with Crippen LogP contribution in [0.15, 0.2) is 66.8 Å². The number of hydrogen-bond acceptors (Lipinski definition) is 1. The van der Waals surface area contributed by atoms with Crippen LogP contribution in [0.4, 0.5) is 0 Å². The summed E-state index contributed by atoms with van der Waals surface area (Å²) in [5.41, 5.74) is 5.54. The van der Waals surface area contributed by atoms with E-state index in [9.17, 15) is 0 Å². The number of ether oxygens (including phenoxy) is 1. The fourth-order valence-corrected chi connectivity index (χ4v) is 4.68. The van der Waals surface area contributed by atoms with Gasteiger partial charge in [0.1, 0.15) is 0 Å². The second kappa shape index (κ2) is 13.3. The molecule has 1 heteroatoms. The van der Waals surface area contributed by atoms with Crippen molar-refractivity contribution >= 4 is 6.08 Å². The first-order chi connectivity index (χ1) is 15.3. The van der Waals surface area contributed by atoms with Crippen molar-refractivity contribution in [3.05, 3.63) is 89.0 Å². The Bertz CT molecular complexity index is 789. The van der Waals surface area contributed by atoms with Gasteiger partial charge in [0.05, 0.1) is 13.2 Å². The van der Waals surface area contributed by atoms with Gasteiger partial charge in [0.2, 0.25) is 0 Å². The molecule has 1 nitrogen and oxygen atoms in total. The lowest BCUT2D eigenvalue weighted by Gasteiger charge is -2.28. The molecule has 3 rings (SSSR count). The maximum absolute atomic E-state index is 5.64. The van der Waals surface area contributed by atoms with Crippen molar-refractivity contribution in [1.82, 2.24) is 0 Å². The Kier molecular flexibility index (Phi) is 10.1. The Morgan fingerprint density at radius 1 is 0.710 bits per heavy atom. The molecule has 2 aromatic rings. The van der Waals surface area contributed by atoms with Gasteiger partial charge in [-0.2, -0.15) is 0 Å². The van der Waals surface area contributed by atoms with Crippen molar-refractivity contribution in [2.75, 3.05) is 6.61 Å². The Hall–Kier alpha value is -2.12. The monoisotopic (exact) mass is 416 g/mol. The second-order valence-corrected chi connectivity index (χ2v) is 9.11. The first-order valence-electron chi connectivity index (χ1n) is 12.2. The van der Waals surface area contributed by atoms with E-state index in [1.54, 1.807) is 0 Å². The Morgan fingerprint density at radius 2 is 1.23 bits per heavy atom. The van der Waals surface area contributed by atoms with Gasteiger partial charge in [0, 0.05) is 0 Å². The largest absolute Gasteiger partial charge is 0.373 e. The predicted octanol–water partition coefficient (Wildman–Crippen LogP) is 8.18. The average molecular weight is 417 g/mol. The Labute approximate surface area is 190 Å². The van der Waals surface area contributed by atoms with Crippen molar-refractivity contribution in [3.8, 4) is 0 Å². The van der Waals surface area contributed by atoms with Gasteiger partial charge >= 0.3 is 0 Å². The van der Waals surface area contributed by atoms with Crippen LogP contribution in [-0.4, -0.2) is 6.61 Å². The fraction of sp³-hybridized carbons (Fsp3) is 0.467. The van der Waals surface area contributed by atoms with Crippen LogP contribution in [0.3, 0.4) is 0 Å². The van der Waals surface area contributed by atoms with Gasteiger partial charge in [-0.25, -0.2) is 0 Å². The molecule has 0 radical (unpaired) electrons. The van der Waals surface area contributed by atoms with Crippen LogP contribution in [0.25, 0.3) is 6.08 Å². The highest BCUT2D eigenvalue weighted by Gasteiger charge is 2.20. The summed E-state index contributed by atoms with van der Waals surface area (Å²) >= 11 is 0. The maximum Gasteiger partial charge on any atom is 0.0721 e. The lowest BCUT2D eigenvalue weighted by atomic mass is 9.77. The summed E-state index contributed by atoms with van der Waals surface area (Å²) in [6.45, 7) is 5.50. The SMILES string of the molecule is CC=CCOCc1ccc(CCC2CCC(CCc3ccc(/C=C/C)cc3)CC2)cc1. The average Bonchev–Trinajstić information content (AvgIpc) is 2.82. The van der Waals surface area contributed by atoms with E-state index in [-0.39, 0.29) is 0 Å². The highest BCUT2D eigenvalue weighted by atomic mass is 16.5. The molecule has 0 unspecified atom stereocenters. The third kappa shape index (κ3) is 8.50. The molecule has 0 bridgehead atoms. The number of hydrogen-bond donors (Lipinski definition) is 0. The van der Waals surface area contributed by atoms with Crippen LogP contribution < -0.4 is 0 Å². The van der Waals surface area contributed by atoms with Gasteiger partial charge in [-0.3, -0.25) is 0 Å². The van der Waals surface area contributed by atoms with E-state index in [2.05, 4.69) is 67.6 Å². The standard InChI is InChI=1S/C30H40O/c1-3-5-23-31-24-30-21-19-29(20-22-30)18-17-28-15-13-27(14-16-28)12-11-26-9-7-25(6-4-2)8-10-26/h3-10,19-22,27-28H,11-18,23-24H2,1-2H3/b5-3?,6-4+. The van der Waals surface area contributed by atoms with Crippen molar-refractivity contribution in [2.24, 2.45) is 11.8 Å². The van der Waals surface area contributed by atoms with Crippen LogP contribution in [0.2, 0.25) is 0 Å². The van der Waals surface area contributed by atoms with Gasteiger partial charge in [-0.05, 0) is 73.6 Å². The van der Waals surface area contributed by atoms with Crippen LogP contribution >= 0.6 is 0 Å². The first-order valence-corrected chi connectivity index (χ1v) is 12.2. The quantitative estimate of drug-likeness (QED) is 0.265. The smallest absolute Gasteiger partial charge is 0.0721 e. The molecule has 0 heterocycles.